The predicted octanol–water partition coefficient (Wildman–Crippen LogP) is 0.688. The molecular formula is C21H22N6O3S. The van der Waals surface area contributed by atoms with Crippen molar-refractivity contribution in [3.05, 3.63) is 43.8 Å². The maximum Gasteiger partial charge on any atom is 0.270 e. The van der Waals surface area contributed by atoms with E-state index in [9.17, 15) is 19.6 Å². The van der Waals surface area contributed by atoms with Crippen molar-refractivity contribution in [3.63, 3.8) is 0 Å². The van der Waals surface area contributed by atoms with Crippen molar-refractivity contribution in [3.8, 4) is 12.1 Å². The molecule has 3 N–H and O–H groups in total. The number of carbonyl (C=O) groups is 2. The standard InChI is InChI=1S/C21H22N6O3S/c1-4-27-20(30)17(31-21(27)16(11-23)19(29)24-9-8-22)12-25-14-6-5-7-15(10-14)26-18(28)13(2)3/h5-7,10,12-13,25H,4,9H2,1-3H3,(H,24,29)(H,26,28)/b17-12+,21-16-. The van der Waals surface area contributed by atoms with Gasteiger partial charge in [0.15, 0.2) is 5.57 Å². The van der Waals surface area contributed by atoms with Gasteiger partial charge in [-0.15, -0.1) is 11.3 Å². The van der Waals surface area contributed by atoms with E-state index >= 15 is 0 Å². The van der Waals surface area contributed by atoms with Crippen molar-refractivity contribution >= 4 is 46.3 Å². The molecule has 2 rings (SSSR count). The zero-order valence-electron chi connectivity index (χ0n) is 17.4. The number of thiazole rings is 1. The minimum atomic E-state index is -0.708. The molecule has 0 atom stereocenters. The van der Waals surface area contributed by atoms with E-state index in [0.29, 0.717) is 15.9 Å². The molecule has 0 aliphatic heterocycles. The van der Waals surface area contributed by atoms with Crippen molar-refractivity contribution in [2.75, 3.05) is 17.2 Å². The van der Waals surface area contributed by atoms with Crippen molar-refractivity contribution in [2.45, 2.75) is 27.3 Å². The second-order valence-electron chi connectivity index (χ2n) is 6.66. The Labute approximate surface area is 182 Å². The van der Waals surface area contributed by atoms with E-state index in [0.717, 1.165) is 11.3 Å². The van der Waals surface area contributed by atoms with E-state index in [1.165, 1.54) is 10.8 Å². The quantitative estimate of drug-likeness (QED) is 0.544. The van der Waals surface area contributed by atoms with Crippen LogP contribution in [0.1, 0.15) is 20.8 Å². The number of amides is 2. The summed E-state index contributed by atoms with van der Waals surface area (Å²) in [5.74, 6) is -0.971. The van der Waals surface area contributed by atoms with Crippen LogP contribution < -0.4 is 30.7 Å². The molecule has 0 fully saturated rings. The molecule has 1 heterocycles. The highest BCUT2D eigenvalue weighted by Gasteiger charge is 2.15. The van der Waals surface area contributed by atoms with Gasteiger partial charge in [-0.05, 0) is 25.1 Å². The van der Waals surface area contributed by atoms with Gasteiger partial charge in [-0.2, -0.15) is 10.5 Å². The third kappa shape index (κ3) is 5.81. The van der Waals surface area contributed by atoms with E-state index in [4.69, 9.17) is 5.26 Å². The average Bonchev–Trinajstić information content (AvgIpc) is 3.06. The van der Waals surface area contributed by atoms with Crippen LogP contribution >= 0.6 is 11.3 Å². The second kappa shape index (κ2) is 10.8. The van der Waals surface area contributed by atoms with Crippen LogP contribution in [0.25, 0.3) is 11.8 Å². The molecular weight excluding hydrogens is 416 g/mol. The molecule has 2 aromatic rings. The number of nitrogens with one attached hydrogen (secondary N) is 3. The molecule has 1 aromatic heterocycles. The fraction of sp³-hybridized carbons (Fsp3) is 0.286. The number of benzene rings is 1. The van der Waals surface area contributed by atoms with Crippen molar-refractivity contribution < 1.29 is 9.59 Å². The van der Waals surface area contributed by atoms with Gasteiger partial charge in [0.2, 0.25) is 5.91 Å². The molecule has 0 spiro atoms. The SMILES string of the molecule is CCn1c(=O)/c(=C\Nc2cccc(NC(=O)C(C)C)c2)s/c1=C(/C#N)C(=O)NCC#N. The highest BCUT2D eigenvalue weighted by molar-refractivity contribution is 7.07. The molecule has 0 radical (unpaired) electrons. The lowest BCUT2D eigenvalue weighted by molar-refractivity contribution is -0.119. The summed E-state index contributed by atoms with van der Waals surface area (Å²) < 4.78 is 1.85. The summed E-state index contributed by atoms with van der Waals surface area (Å²) in [4.78, 5) is 36.8. The highest BCUT2D eigenvalue weighted by atomic mass is 32.1. The molecule has 160 valence electrons. The summed E-state index contributed by atoms with van der Waals surface area (Å²) in [7, 11) is 0. The summed E-state index contributed by atoms with van der Waals surface area (Å²) in [5.41, 5.74) is 0.691. The van der Waals surface area contributed by atoms with Gasteiger partial charge >= 0.3 is 0 Å². The van der Waals surface area contributed by atoms with E-state index < -0.39 is 5.91 Å². The van der Waals surface area contributed by atoms with Crippen LogP contribution in [0.5, 0.6) is 0 Å². The largest absolute Gasteiger partial charge is 0.360 e. The molecule has 0 aliphatic carbocycles. The summed E-state index contributed by atoms with van der Waals surface area (Å²) in [6.07, 6.45) is 1.49. The van der Waals surface area contributed by atoms with Crippen LogP contribution in [0.3, 0.4) is 0 Å². The number of rotatable bonds is 7. The van der Waals surface area contributed by atoms with Gasteiger partial charge in [0.25, 0.3) is 11.5 Å². The minimum Gasteiger partial charge on any atom is -0.360 e. The van der Waals surface area contributed by atoms with Gasteiger partial charge in [-0.25, -0.2) is 0 Å². The van der Waals surface area contributed by atoms with Crippen LogP contribution in [0.15, 0.2) is 29.1 Å². The molecule has 0 saturated carbocycles. The monoisotopic (exact) mass is 438 g/mol. The zero-order chi connectivity index (χ0) is 23.0. The first kappa shape index (κ1) is 23.4. The number of hydrogen-bond acceptors (Lipinski definition) is 7. The lowest BCUT2D eigenvalue weighted by atomic mass is 10.2. The predicted molar refractivity (Wildman–Crippen MR) is 119 cm³/mol. The van der Waals surface area contributed by atoms with Crippen molar-refractivity contribution in [2.24, 2.45) is 5.92 Å². The molecule has 9 nitrogen and oxygen atoms in total. The summed E-state index contributed by atoms with van der Waals surface area (Å²) in [6, 6.07) is 10.6. The number of nitrogens with zero attached hydrogens (tertiary/aromatic N) is 3. The number of anilines is 2. The fourth-order valence-electron chi connectivity index (χ4n) is 2.52. The first-order chi connectivity index (χ1) is 14.8. The molecule has 1 aromatic carbocycles. The molecule has 0 aliphatic rings. The first-order valence-electron chi connectivity index (χ1n) is 9.49. The Morgan fingerprint density at radius 1 is 1.26 bits per heavy atom. The Kier molecular flexibility index (Phi) is 8.12. The summed E-state index contributed by atoms with van der Waals surface area (Å²) in [6.45, 7) is 5.36. The molecule has 0 unspecified atom stereocenters. The van der Waals surface area contributed by atoms with E-state index in [1.54, 1.807) is 51.1 Å². The normalized spacial score (nSPS) is 12.0. The molecule has 2 amide bonds. The number of nitriles is 2. The smallest absolute Gasteiger partial charge is 0.270 e. The number of carbonyl (C=O) groups excluding carboxylic acids is 2. The minimum absolute atomic E-state index is 0.107. The third-order valence-corrected chi connectivity index (χ3v) is 5.26. The van der Waals surface area contributed by atoms with Crippen molar-refractivity contribution in [1.29, 1.82) is 10.5 Å². The first-order valence-corrected chi connectivity index (χ1v) is 10.3. The van der Waals surface area contributed by atoms with Crippen LogP contribution in [-0.2, 0) is 16.1 Å². The maximum atomic E-state index is 12.7. The van der Waals surface area contributed by atoms with Gasteiger partial charge in [0.05, 0.1) is 6.07 Å². The van der Waals surface area contributed by atoms with Gasteiger partial charge in [0.1, 0.15) is 21.8 Å². The summed E-state index contributed by atoms with van der Waals surface area (Å²) in [5, 5.41) is 26.2. The van der Waals surface area contributed by atoms with E-state index in [1.807, 2.05) is 6.07 Å². The van der Waals surface area contributed by atoms with Crippen LogP contribution in [0, 0.1) is 28.6 Å². The van der Waals surface area contributed by atoms with Gasteiger partial charge < -0.3 is 16.0 Å². The Morgan fingerprint density at radius 2 is 1.97 bits per heavy atom. The molecule has 0 bridgehead atoms. The zero-order valence-corrected chi connectivity index (χ0v) is 18.2. The lowest BCUT2D eigenvalue weighted by Crippen LogP contribution is -2.34. The van der Waals surface area contributed by atoms with Gasteiger partial charge in [-0.1, -0.05) is 19.9 Å². The van der Waals surface area contributed by atoms with Gasteiger partial charge in [0, 0.05) is 30.0 Å². The molecule has 31 heavy (non-hydrogen) atoms. The second-order valence-corrected chi connectivity index (χ2v) is 7.69. The number of hydrogen-bond donors (Lipinski definition) is 3. The van der Waals surface area contributed by atoms with Crippen molar-refractivity contribution in [1.82, 2.24) is 9.88 Å². The maximum absolute atomic E-state index is 12.7. The Bertz CT molecular complexity index is 1240. The Hall–Kier alpha value is -3.89. The molecule has 0 saturated heterocycles. The van der Waals surface area contributed by atoms with E-state index in [2.05, 4.69) is 16.0 Å². The third-order valence-electron chi connectivity index (χ3n) is 4.13. The fourth-order valence-corrected chi connectivity index (χ4v) is 3.60. The van der Waals surface area contributed by atoms with Crippen LogP contribution in [0.4, 0.5) is 11.4 Å². The summed E-state index contributed by atoms with van der Waals surface area (Å²) >= 11 is 1.00. The highest BCUT2D eigenvalue weighted by Crippen LogP contribution is 2.15. The van der Waals surface area contributed by atoms with Crippen LogP contribution in [0.2, 0.25) is 0 Å². The number of aromatic nitrogens is 1. The molecule has 10 heteroatoms. The van der Waals surface area contributed by atoms with E-state index in [-0.39, 0.29) is 40.7 Å². The van der Waals surface area contributed by atoms with Gasteiger partial charge in [-0.3, -0.25) is 19.0 Å². The topological polar surface area (TPSA) is 140 Å². The average molecular weight is 439 g/mol. The Balaban J connectivity index is 2.43. The Morgan fingerprint density at radius 3 is 2.58 bits per heavy atom. The lowest BCUT2D eigenvalue weighted by Gasteiger charge is -2.09. The van der Waals surface area contributed by atoms with Crippen LogP contribution in [-0.4, -0.2) is 22.9 Å².